The molecule has 0 saturated heterocycles. The zero-order chi connectivity index (χ0) is 15.7. The van der Waals surface area contributed by atoms with Gasteiger partial charge in [0.1, 0.15) is 0 Å². The van der Waals surface area contributed by atoms with E-state index >= 15 is 0 Å². The normalized spacial score (nSPS) is 10.9. The molecule has 0 saturated carbocycles. The maximum atomic E-state index is 11.8. The van der Waals surface area contributed by atoms with Gasteiger partial charge >= 0.3 is 0 Å². The molecule has 2 nitrogen and oxygen atoms in total. The fourth-order valence-electron chi connectivity index (χ4n) is 2.61. The Labute approximate surface area is 134 Å². The first-order valence-electron chi connectivity index (χ1n) is 7.29. The number of carbonyl (C=O) groups excluding carboxylic acids is 1. The van der Waals surface area contributed by atoms with Crippen LogP contribution < -0.4 is 0 Å². The molecule has 22 heavy (non-hydrogen) atoms. The Morgan fingerprint density at radius 1 is 1.14 bits per heavy atom. The fraction of sp³-hybridized carbons (Fsp3) is 0.158. The number of benzene rings is 2. The van der Waals surface area contributed by atoms with E-state index < -0.39 is 5.24 Å². The number of aryl methyl sites for hydroxylation is 2. The van der Waals surface area contributed by atoms with E-state index in [1.54, 1.807) is 6.07 Å². The summed E-state index contributed by atoms with van der Waals surface area (Å²) in [5, 5.41) is 0.346. The number of rotatable bonds is 3. The summed E-state index contributed by atoms with van der Waals surface area (Å²) in [6, 6.07) is 15.8. The molecule has 0 radical (unpaired) electrons. The first kappa shape index (κ1) is 14.7. The van der Waals surface area contributed by atoms with Crippen molar-refractivity contribution in [3.8, 4) is 11.3 Å². The third-order valence-corrected chi connectivity index (χ3v) is 4.11. The standard InChI is InChI=1S/C19H16ClNO/c1-3-13-7-9-14(10-8-13)17-11-16(19(20)22)15-6-4-5-12(2)18(15)21-17/h4-11H,3H2,1-2H3. The van der Waals surface area contributed by atoms with Crippen molar-refractivity contribution in [3.63, 3.8) is 0 Å². The summed E-state index contributed by atoms with van der Waals surface area (Å²) in [5.41, 5.74) is 5.39. The largest absolute Gasteiger partial charge is 0.276 e. The minimum absolute atomic E-state index is 0.454. The monoisotopic (exact) mass is 309 g/mol. The summed E-state index contributed by atoms with van der Waals surface area (Å²) in [5.74, 6) is 0. The molecule has 3 heteroatoms. The molecular formula is C19H16ClNO. The number of pyridine rings is 1. The third-order valence-electron chi connectivity index (χ3n) is 3.91. The number of carbonyl (C=O) groups is 1. The van der Waals surface area contributed by atoms with E-state index in [9.17, 15) is 4.79 Å². The van der Waals surface area contributed by atoms with Gasteiger partial charge in [0.25, 0.3) is 5.24 Å². The van der Waals surface area contributed by atoms with Gasteiger partial charge in [0.2, 0.25) is 0 Å². The van der Waals surface area contributed by atoms with Gasteiger partial charge in [-0.1, -0.05) is 49.4 Å². The molecule has 3 rings (SSSR count). The van der Waals surface area contributed by atoms with Gasteiger partial charge in [-0.2, -0.15) is 0 Å². The van der Waals surface area contributed by atoms with Gasteiger partial charge in [-0.25, -0.2) is 4.98 Å². The molecule has 0 aliphatic heterocycles. The second kappa shape index (κ2) is 5.90. The number of hydrogen-bond acceptors (Lipinski definition) is 2. The molecule has 3 aromatic rings. The lowest BCUT2D eigenvalue weighted by molar-refractivity contribution is 0.108. The van der Waals surface area contributed by atoms with Crippen molar-refractivity contribution in [1.82, 2.24) is 4.98 Å². The molecule has 0 atom stereocenters. The number of halogens is 1. The first-order valence-corrected chi connectivity index (χ1v) is 7.67. The van der Waals surface area contributed by atoms with Crippen molar-refractivity contribution in [2.24, 2.45) is 0 Å². The van der Waals surface area contributed by atoms with Crippen molar-refractivity contribution < 1.29 is 4.79 Å². The SMILES string of the molecule is CCc1ccc(-c2cc(C(=O)Cl)c3cccc(C)c3n2)cc1. The second-order valence-corrected chi connectivity index (χ2v) is 5.69. The smallest absolute Gasteiger partial charge is 0.253 e. The van der Waals surface area contributed by atoms with Crippen molar-refractivity contribution in [1.29, 1.82) is 0 Å². The highest BCUT2D eigenvalue weighted by molar-refractivity contribution is 6.68. The summed E-state index contributed by atoms with van der Waals surface area (Å²) in [4.78, 5) is 16.5. The Kier molecular flexibility index (Phi) is 3.95. The van der Waals surface area contributed by atoms with Crippen molar-refractivity contribution >= 4 is 27.7 Å². The molecule has 2 aromatic carbocycles. The Morgan fingerprint density at radius 3 is 2.50 bits per heavy atom. The van der Waals surface area contributed by atoms with E-state index in [4.69, 9.17) is 16.6 Å². The molecule has 0 aliphatic carbocycles. The topological polar surface area (TPSA) is 30.0 Å². The van der Waals surface area contributed by atoms with Crippen LogP contribution in [-0.4, -0.2) is 10.2 Å². The van der Waals surface area contributed by atoms with E-state index in [0.29, 0.717) is 5.56 Å². The van der Waals surface area contributed by atoms with Gasteiger partial charge in [-0.3, -0.25) is 4.79 Å². The second-order valence-electron chi connectivity index (χ2n) is 5.35. The molecule has 1 heterocycles. The van der Waals surface area contributed by atoms with Crippen molar-refractivity contribution in [2.75, 3.05) is 0 Å². The first-order chi connectivity index (χ1) is 10.6. The van der Waals surface area contributed by atoms with Crippen LogP contribution in [0, 0.1) is 6.92 Å². The highest BCUT2D eigenvalue weighted by Crippen LogP contribution is 2.27. The number of aromatic nitrogens is 1. The average Bonchev–Trinajstić information content (AvgIpc) is 2.54. The van der Waals surface area contributed by atoms with Crippen LogP contribution in [0.1, 0.15) is 28.4 Å². The third kappa shape index (κ3) is 2.62. The summed E-state index contributed by atoms with van der Waals surface area (Å²) >= 11 is 5.77. The Balaban J connectivity index is 2.25. The van der Waals surface area contributed by atoms with E-state index in [-0.39, 0.29) is 0 Å². The van der Waals surface area contributed by atoms with Crippen LogP contribution in [0.2, 0.25) is 0 Å². The van der Waals surface area contributed by atoms with E-state index in [2.05, 4.69) is 19.1 Å². The van der Waals surface area contributed by atoms with Gasteiger partial charge in [0.05, 0.1) is 11.2 Å². The van der Waals surface area contributed by atoms with Gasteiger partial charge in [-0.05, 0) is 42.1 Å². The highest BCUT2D eigenvalue weighted by Gasteiger charge is 2.13. The van der Waals surface area contributed by atoms with Crippen LogP contribution >= 0.6 is 11.6 Å². The molecule has 0 fully saturated rings. The van der Waals surface area contributed by atoms with Crippen LogP contribution in [0.4, 0.5) is 0 Å². The average molecular weight is 310 g/mol. The van der Waals surface area contributed by atoms with Gasteiger partial charge in [-0.15, -0.1) is 0 Å². The maximum Gasteiger partial charge on any atom is 0.253 e. The molecular weight excluding hydrogens is 294 g/mol. The Bertz CT molecular complexity index is 853. The predicted octanol–water partition coefficient (Wildman–Crippen LogP) is 5.15. The van der Waals surface area contributed by atoms with Crippen LogP contribution in [0.25, 0.3) is 22.2 Å². The van der Waals surface area contributed by atoms with Crippen LogP contribution in [-0.2, 0) is 6.42 Å². The molecule has 0 unspecified atom stereocenters. The summed E-state index contributed by atoms with van der Waals surface area (Å²) < 4.78 is 0. The van der Waals surface area contributed by atoms with Gasteiger partial charge in [0.15, 0.2) is 0 Å². The highest BCUT2D eigenvalue weighted by atomic mass is 35.5. The zero-order valence-electron chi connectivity index (χ0n) is 12.6. The maximum absolute atomic E-state index is 11.8. The van der Waals surface area contributed by atoms with Crippen LogP contribution in [0.5, 0.6) is 0 Å². The Hall–Kier alpha value is -2.19. The lowest BCUT2D eigenvalue weighted by Crippen LogP contribution is -1.97. The van der Waals surface area contributed by atoms with Crippen LogP contribution in [0.15, 0.2) is 48.5 Å². The summed E-state index contributed by atoms with van der Waals surface area (Å²) in [6.07, 6.45) is 0.996. The molecule has 110 valence electrons. The van der Waals surface area contributed by atoms with Crippen molar-refractivity contribution in [3.05, 3.63) is 65.2 Å². The molecule has 0 bridgehead atoms. The Morgan fingerprint density at radius 2 is 1.86 bits per heavy atom. The number of para-hydroxylation sites is 1. The molecule has 0 amide bonds. The van der Waals surface area contributed by atoms with E-state index in [1.807, 2.05) is 37.3 Å². The van der Waals surface area contributed by atoms with Gasteiger partial charge < -0.3 is 0 Å². The minimum Gasteiger partial charge on any atom is -0.276 e. The summed E-state index contributed by atoms with van der Waals surface area (Å²) in [6.45, 7) is 4.11. The number of nitrogens with zero attached hydrogens (tertiary/aromatic N) is 1. The molecule has 0 N–H and O–H groups in total. The lowest BCUT2D eigenvalue weighted by atomic mass is 10.0. The van der Waals surface area contributed by atoms with E-state index in [1.165, 1.54) is 5.56 Å². The van der Waals surface area contributed by atoms with Gasteiger partial charge in [0, 0.05) is 16.5 Å². The fourth-order valence-corrected chi connectivity index (χ4v) is 2.77. The van der Waals surface area contributed by atoms with Crippen LogP contribution in [0.3, 0.4) is 0 Å². The summed E-state index contributed by atoms with van der Waals surface area (Å²) in [7, 11) is 0. The number of hydrogen-bond donors (Lipinski definition) is 0. The lowest BCUT2D eigenvalue weighted by Gasteiger charge is -2.09. The predicted molar refractivity (Wildman–Crippen MR) is 91.5 cm³/mol. The molecule has 0 spiro atoms. The van der Waals surface area contributed by atoms with Crippen molar-refractivity contribution in [2.45, 2.75) is 20.3 Å². The van der Waals surface area contributed by atoms with E-state index in [0.717, 1.165) is 34.1 Å². The number of fused-ring (bicyclic) bond motifs is 1. The quantitative estimate of drug-likeness (QED) is 0.626. The molecule has 1 aromatic heterocycles. The minimum atomic E-state index is -0.454. The molecule has 0 aliphatic rings. The zero-order valence-corrected chi connectivity index (χ0v) is 13.3.